The average molecular weight is 476 g/mol. The van der Waals surface area contributed by atoms with Gasteiger partial charge in [-0.25, -0.2) is 4.68 Å². The highest BCUT2D eigenvalue weighted by Crippen LogP contribution is 2.33. The number of hydrogen-bond donors (Lipinski definition) is 1. The smallest absolute Gasteiger partial charge is 0.251 e. The van der Waals surface area contributed by atoms with Crippen molar-refractivity contribution in [2.75, 3.05) is 12.8 Å². The van der Waals surface area contributed by atoms with Gasteiger partial charge in [-0.2, -0.15) is 0 Å². The van der Waals surface area contributed by atoms with Crippen LogP contribution in [0, 0.1) is 0 Å². The molecule has 1 aliphatic carbocycles. The minimum Gasteiger partial charge on any atom is -0.352 e. The Morgan fingerprint density at radius 3 is 2.65 bits per heavy atom. The number of hydrogen-bond acceptors (Lipinski definition) is 6. The van der Waals surface area contributed by atoms with Crippen LogP contribution in [0.2, 0.25) is 0 Å². The van der Waals surface area contributed by atoms with Crippen LogP contribution in [0.1, 0.15) is 59.9 Å². The number of fused-ring (bicyclic) bond motifs is 1. The highest BCUT2D eigenvalue weighted by Gasteiger charge is 2.23. The van der Waals surface area contributed by atoms with E-state index >= 15 is 0 Å². The fourth-order valence-electron chi connectivity index (χ4n) is 4.67. The molecule has 1 N–H and O–H groups in total. The Morgan fingerprint density at radius 1 is 1.06 bits per heavy atom. The van der Waals surface area contributed by atoms with Gasteiger partial charge in [-0.05, 0) is 55.3 Å². The van der Waals surface area contributed by atoms with Gasteiger partial charge in [-0.15, -0.1) is 15.3 Å². The SMILES string of the molecule is CSc1nnc(CCCNC(=O)c2ccc(Cn3nnc4ccccc43)cc2)n1C1CCCC1. The van der Waals surface area contributed by atoms with E-state index in [4.69, 9.17) is 0 Å². The van der Waals surface area contributed by atoms with Crippen molar-refractivity contribution in [3.8, 4) is 0 Å². The van der Waals surface area contributed by atoms with Gasteiger partial charge in [0.25, 0.3) is 5.91 Å². The predicted octanol–water partition coefficient (Wildman–Crippen LogP) is 4.27. The Bertz CT molecular complexity index is 1260. The first-order valence-electron chi connectivity index (χ1n) is 11.9. The number of rotatable bonds is 9. The molecule has 0 bridgehead atoms. The van der Waals surface area contributed by atoms with Crippen LogP contribution in [0.15, 0.2) is 53.7 Å². The van der Waals surface area contributed by atoms with E-state index in [9.17, 15) is 4.79 Å². The number of nitrogens with one attached hydrogen (secondary N) is 1. The van der Waals surface area contributed by atoms with E-state index in [0.717, 1.165) is 40.4 Å². The van der Waals surface area contributed by atoms with Gasteiger partial charge in [0.15, 0.2) is 5.16 Å². The maximum absolute atomic E-state index is 12.6. The molecule has 4 aromatic rings. The van der Waals surface area contributed by atoms with Crippen LogP contribution in [0.4, 0.5) is 0 Å². The van der Waals surface area contributed by atoms with E-state index in [1.54, 1.807) is 11.8 Å². The minimum absolute atomic E-state index is 0.0557. The van der Waals surface area contributed by atoms with Crippen molar-refractivity contribution in [2.24, 2.45) is 0 Å². The number of aromatic nitrogens is 6. The fraction of sp³-hybridized carbons (Fsp3) is 0.400. The van der Waals surface area contributed by atoms with Crippen LogP contribution in [-0.2, 0) is 13.0 Å². The normalized spacial score (nSPS) is 14.1. The molecule has 34 heavy (non-hydrogen) atoms. The molecule has 0 saturated heterocycles. The fourth-order valence-corrected chi connectivity index (χ4v) is 5.24. The van der Waals surface area contributed by atoms with Crippen LogP contribution < -0.4 is 5.32 Å². The molecular weight excluding hydrogens is 446 g/mol. The maximum atomic E-state index is 12.6. The van der Waals surface area contributed by atoms with Crippen LogP contribution >= 0.6 is 11.8 Å². The summed E-state index contributed by atoms with van der Waals surface area (Å²) in [4.78, 5) is 12.6. The Balaban J connectivity index is 1.13. The van der Waals surface area contributed by atoms with E-state index in [-0.39, 0.29) is 5.91 Å². The van der Waals surface area contributed by atoms with Crippen LogP contribution in [-0.4, -0.2) is 48.5 Å². The number of carbonyl (C=O) groups is 1. The summed E-state index contributed by atoms with van der Waals surface area (Å²) in [6.07, 6.45) is 8.67. The summed E-state index contributed by atoms with van der Waals surface area (Å²) in [5.74, 6) is 0.982. The molecule has 9 heteroatoms. The highest BCUT2D eigenvalue weighted by molar-refractivity contribution is 7.98. The summed E-state index contributed by atoms with van der Waals surface area (Å²) in [5.41, 5.74) is 3.61. The van der Waals surface area contributed by atoms with Crippen molar-refractivity contribution in [3.05, 3.63) is 65.5 Å². The Kier molecular flexibility index (Phi) is 6.89. The molecule has 176 valence electrons. The molecule has 5 rings (SSSR count). The molecule has 1 aliphatic rings. The van der Waals surface area contributed by atoms with E-state index < -0.39 is 0 Å². The first-order chi connectivity index (χ1) is 16.7. The molecule has 1 amide bonds. The lowest BCUT2D eigenvalue weighted by Gasteiger charge is -2.16. The third-order valence-corrected chi connectivity index (χ3v) is 7.08. The third kappa shape index (κ3) is 4.84. The summed E-state index contributed by atoms with van der Waals surface area (Å²) in [6.45, 7) is 1.22. The van der Waals surface area contributed by atoms with Crippen molar-refractivity contribution < 1.29 is 4.79 Å². The van der Waals surface area contributed by atoms with Crippen LogP contribution in [0.3, 0.4) is 0 Å². The van der Waals surface area contributed by atoms with Gasteiger partial charge >= 0.3 is 0 Å². The van der Waals surface area contributed by atoms with Crippen molar-refractivity contribution >= 4 is 28.7 Å². The zero-order valence-corrected chi connectivity index (χ0v) is 20.2. The molecule has 2 aromatic carbocycles. The van der Waals surface area contributed by atoms with E-state index in [1.807, 2.05) is 53.2 Å². The summed E-state index contributed by atoms with van der Waals surface area (Å²) >= 11 is 1.66. The van der Waals surface area contributed by atoms with Gasteiger partial charge in [0.05, 0.1) is 12.1 Å². The Hall–Kier alpha value is -3.20. The molecule has 0 unspecified atom stereocenters. The second-order valence-corrected chi connectivity index (χ2v) is 9.48. The quantitative estimate of drug-likeness (QED) is 0.287. The predicted molar refractivity (Wildman–Crippen MR) is 133 cm³/mol. The molecule has 1 saturated carbocycles. The monoisotopic (exact) mass is 475 g/mol. The second-order valence-electron chi connectivity index (χ2n) is 8.70. The molecule has 2 aromatic heterocycles. The summed E-state index contributed by atoms with van der Waals surface area (Å²) in [7, 11) is 0. The summed E-state index contributed by atoms with van der Waals surface area (Å²) in [5, 5.41) is 21.3. The lowest BCUT2D eigenvalue weighted by atomic mass is 10.1. The maximum Gasteiger partial charge on any atom is 0.251 e. The first-order valence-corrected chi connectivity index (χ1v) is 13.1. The van der Waals surface area contributed by atoms with Gasteiger partial charge in [0.2, 0.25) is 0 Å². The van der Waals surface area contributed by atoms with Gasteiger partial charge in [0.1, 0.15) is 11.3 Å². The molecule has 1 fully saturated rings. The number of nitrogens with zero attached hydrogens (tertiary/aromatic N) is 6. The standard InChI is InChI=1S/C25H29N7OS/c1-34-25-29-28-23(32(25)20-7-2-3-8-20)11-6-16-26-24(33)19-14-12-18(13-15-19)17-31-22-10-5-4-9-21(22)27-30-31/h4-5,9-10,12-15,20H,2-3,6-8,11,16-17H2,1H3,(H,26,33). The number of amides is 1. The van der Waals surface area contributed by atoms with Crippen LogP contribution in [0.5, 0.6) is 0 Å². The number of aryl methyl sites for hydroxylation is 1. The van der Waals surface area contributed by atoms with Crippen molar-refractivity contribution in [1.82, 2.24) is 35.1 Å². The Morgan fingerprint density at radius 2 is 1.85 bits per heavy atom. The van der Waals surface area contributed by atoms with Gasteiger partial charge in [0, 0.05) is 24.6 Å². The van der Waals surface area contributed by atoms with Gasteiger partial charge in [-0.3, -0.25) is 4.79 Å². The highest BCUT2D eigenvalue weighted by atomic mass is 32.2. The van der Waals surface area contributed by atoms with E-state index in [2.05, 4.69) is 36.6 Å². The topological polar surface area (TPSA) is 90.5 Å². The van der Waals surface area contributed by atoms with Gasteiger partial charge < -0.3 is 9.88 Å². The first kappa shape index (κ1) is 22.6. The molecule has 0 atom stereocenters. The minimum atomic E-state index is -0.0557. The molecule has 0 aliphatic heterocycles. The van der Waals surface area contributed by atoms with Gasteiger partial charge in [-0.1, -0.05) is 54.1 Å². The number of thioether (sulfide) groups is 1. The molecule has 8 nitrogen and oxygen atoms in total. The molecule has 0 spiro atoms. The van der Waals surface area contributed by atoms with Crippen molar-refractivity contribution in [1.29, 1.82) is 0 Å². The third-order valence-electron chi connectivity index (χ3n) is 6.44. The van der Waals surface area contributed by atoms with Crippen molar-refractivity contribution in [2.45, 2.75) is 56.3 Å². The number of carbonyl (C=O) groups excluding carboxylic acids is 1. The van der Waals surface area contributed by atoms with Crippen LogP contribution in [0.25, 0.3) is 11.0 Å². The number of para-hydroxylation sites is 1. The molecule has 2 heterocycles. The second kappa shape index (κ2) is 10.4. The van der Waals surface area contributed by atoms with E-state index in [1.165, 1.54) is 25.7 Å². The van der Waals surface area contributed by atoms with E-state index in [0.29, 0.717) is 24.7 Å². The number of benzene rings is 2. The summed E-state index contributed by atoms with van der Waals surface area (Å²) in [6, 6.07) is 16.1. The average Bonchev–Trinajstić information content (AvgIpc) is 3.62. The zero-order chi connectivity index (χ0) is 23.3. The zero-order valence-electron chi connectivity index (χ0n) is 19.4. The molecular formula is C25H29N7OS. The lowest BCUT2D eigenvalue weighted by molar-refractivity contribution is 0.0953. The Labute approximate surface area is 203 Å². The molecule has 0 radical (unpaired) electrons. The summed E-state index contributed by atoms with van der Waals surface area (Å²) < 4.78 is 4.20. The lowest BCUT2D eigenvalue weighted by Crippen LogP contribution is -2.25. The van der Waals surface area contributed by atoms with Crippen molar-refractivity contribution in [3.63, 3.8) is 0 Å². The largest absolute Gasteiger partial charge is 0.352 e.